The highest BCUT2D eigenvalue weighted by molar-refractivity contribution is 5.70. The fourth-order valence-corrected chi connectivity index (χ4v) is 1.49. The lowest BCUT2D eigenvalue weighted by Crippen LogP contribution is -1.89. The molecule has 0 saturated carbocycles. The van der Waals surface area contributed by atoms with E-state index in [-0.39, 0.29) is 0 Å². The Bertz CT molecular complexity index is 158. The summed E-state index contributed by atoms with van der Waals surface area (Å²) in [5, 5.41) is 0. The van der Waals surface area contributed by atoms with Crippen LogP contribution in [-0.4, -0.2) is 12.8 Å². The molecule has 0 aliphatic carbocycles. The lowest BCUT2D eigenvalue weighted by atomic mass is 10.0. The molecule has 12 heavy (non-hydrogen) atoms. The van der Waals surface area contributed by atoms with E-state index in [4.69, 9.17) is 0 Å². The zero-order valence-electron chi connectivity index (χ0n) is 8.00. The molecular weight excluding hydrogens is 146 g/mol. The van der Waals surface area contributed by atoms with Crippen LogP contribution in [0.2, 0.25) is 0 Å². The zero-order chi connectivity index (χ0) is 8.65. The van der Waals surface area contributed by atoms with E-state index in [1.165, 1.54) is 32.1 Å². The standard InChI is InChI=1S/C11H19N/c1-11-7-4-2-3-5-9-12-10-6-8-11/h6,8,10-11H,2-5,7,9H2,1H3/b8-6-,12-10?. The zero-order valence-corrected chi connectivity index (χ0v) is 8.00. The van der Waals surface area contributed by atoms with Crippen molar-refractivity contribution in [2.75, 3.05) is 6.54 Å². The largest absolute Gasteiger partial charge is 0.293 e. The highest BCUT2D eigenvalue weighted by atomic mass is 14.7. The predicted octanol–water partition coefficient (Wildman–Crippen LogP) is 3.21. The van der Waals surface area contributed by atoms with Crippen molar-refractivity contribution in [1.82, 2.24) is 0 Å². The first-order valence-electron chi connectivity index (χ1n) is 5.06. The summed E-state index contributed by atoms with van der Waals surface area (Å²) in [5.74, 6) is 0.731. The summed E-state index contributed by atoms with van der Waals surface area (Å²) in [4.78, 5) is 4.30. The second-order valence-corrected chi connectivity index (χ2v) is 3.62. The minimum absolute atomic E-state index is 0.731. The summed E-state index contributed by atoms with van der Waals surface area (Å²) >= 11 is 0. The van der Waals surface area contributed by atoms with Crippen molar-refractivity contribution in [2.45, 2.75) is 39.0 Å². The molecule has 0 bridgehead atoms. The van der Waals surface area contributed by atoms with E-state index < -0.39 is 0 Å². The Hall–Kier alpha value is -0.590. The van der Waals surface area contributed by atoms with Crippen molar-refractivity contribution in [1.29, 1.82) is 0 Å². The molecule has 1 rings (SSSR count). The van der Waals surface area contributed by atoms with Gasteiger partial charge in [-0.2, -0.15) is 0 Å². The van der Waals surface area contributed by atoms with Crippen molar-refractivity contribution in [3.05, 3.63) is 12.2 Å². The minimum Gasteiger partial charge on any atom is -0.293 e. The fourth-order valence-electron chi connectivity index (χ4n) is 1.49. The summed E-state index contributed by atoms with van der Waals surface area (Å²) in [6.45, 7) is 3.29. The molecule has 0 aromatic rings. The van der Waals surface area contributed by atoms with E-state index >= 15 is 0 Å². The van der Waals surface area contributed by atoms with Gasteiger partial charge in [0.05, 0.1) is 0 Å². The van der Waals surface area contributed by atoms with Gasteiger partial charge in [0.2, 0.25) is 0 Å². The molecule has 1 heterocycles. The van der Waals surface area contributed by atoms with Crippen molar-refractivity contribution in [2.24, 2.45) is 10.9 Å². The molecule has 1 unspecified atom stereocenters. The van der Waals surface area contributed by atoms with Crippen LogP contribution >= 0.6 is 0 Å². The third-order valence-electron chi connectivity index (χ3n) is 2.33. The molecule has 0 fully saturated rings. The van der Waals surface area contributed by atoms with E-state index in [1.807, 2.05) is 6.21 Å². The maximum atomic E-state index is 4.30. The van der Waals surface area contributed by atoms with Gasteiger partial charge in [-0.05, 0) is 24.8 Å². The first kappa shape index (κ1) is 9.50. The van der Waals surface area contributed by atoms with Gasteiger partial charge in [-0.25, -0.2) is 0 Å². The van der Waals surface area contributed by atoms with Crippen molar-refractivity contribution in [3.63, 3.8) is 0 Å². The molecule has 0 N–H and O–H groups in total. The molecule has 0 spiro atoms. The Kier molecular flexibility index (Phi) is 4.74. The highest BCUT2D eigenvalue weighted by Crippen LogP contribution is 2.11. The summed E-state index contributed by atoms with van der Waals surface area (Å²) in [5.41, 5.74) is 0. The number of rotatable bonds is 0. The van der Waals surface area contributed by atoms with E-state index in [9.17, 15) is 0 Å². The van der Waals surface area contributed by atoms with Crippen LogP contribution in [0.1, 0.15) is 39.0 Å². The molecule has 0 amide bonds. The normalized spacial score (nSPS) is 29.2. The van der Waals surface area contributed by atoms with Gasteiger partial charge in [0.15, 0.2) is 0 Å². The van der Waals surface area contributed by atoms with Gasteiger partial charge in [0.25, 0.3) is 0 Å². The quantitative estimate of drug-likeness (QED) is 0.522. The lowest BCUT2D eigenvalue weighted by molar-refractivity contribution is 0.557. The number of allylic oxidation sites excluding steroid dienone is 2. The van der Waals surface area contributed by atoms with Gasteiger partial charge in [0.1, 0.15) is 0 Å². The van der Waals surface area contributed by atoms with E-state index in [0.717, 1.165) is 12.5 Å². The number of hydrogen-bond donors (Lipinski definition) is 0. The molecule has 68 valence electrons. The molecule has 0 aromatic carbocycles. The lowest BCUT2D eigenvalue weighted by Gasteiger charge is -2.03. The third kappa shape index (κ3) is 4.32. The smallest absolute Gasteiger partial charge is 0.0389 e. The number of nitrogens with zero attached hydrogens (tertiary/aromatic N) is 1. The summed E-state index contributed by atoms with van der Waals surface area (Å²) in [6.07, 6.45) is 13.0. The monoisotopic (exact) mass is 165 g/mol. The average Bonchev–Trinajstić information content (AvgIpc) is 2.11. The van der Waals surface area contributed by atoms with Crippen LogP contribution in [0.5, 0.6) is 0 Å². The Balaban J connectivity index is 2.34. The van der Waals surface area contributed by atoms with Crippen LogP contribution in [0.4, 0.5) is 0 Å². The van der Waals surface area contributed by atoms with Gasteiger partial charge < -0.3 is 0 Å². The molecular formula is C11H19N. The summed E-state index contributed by atoms with van der Waals surface area (Å²) in [7, 11) is 0. The van der Waals surface area contributed by atoms with Crippen molar-refractivity contribution < 1.29 is 0 Å². The summed E-state index contributed by atoms with van der Waals surface area (Å²) < 4.78 is 0. The van der Waals surface area contributed by atoms with E-state index in [1.54, 1.807) is 0 Å². The topological polar surface area (TPSA) is 12.4 Å². The number of hydrogen-bond acceptors (Lipinski definition) is 1. The van der Waals surface area contributed by atoms with Crippen molar-refractivity contribution in [3.8, 4) is 0 Å². The molecule has 0 saturated heterocycles. The van der Waals surface area contributed by atoms with Crippen LogP contribution in [0.25, 0.3) is 0 Å². The Morgan fingerprint density at radius 3 is 2.92 bits per heavy atom. The average molecular weight is 165 g/mol. The fraction of sp³-hybridized carbons (Fsp3) is 0.727. The van der Waals surface area contributed by atoms with E-state index in [2.05, 4.69) is 24.1 Å². The maximum absolute atomic E-state index is 4.30. The Morgan fingerprint density at radius 1 is 1.17 bits per heavy atom. The SMILES string of the molecule is CC1/C=C\C=NCCCCCC1. The number of aliphatic imine (C=N–C) groups is 1. The van der Waals surface area contributed by atoms with Gasteiger partial charge in [-0.15, -0.1) is 0 Å². The van der Waals surface area contributed by atoms with Crippen molar-refractivity contribution >= 4 is 6.21 Å². The summed E-state index contributed by atoms with van der Waals surface area (Å²) in [6, 6.07) is 0. The second kappa shape index (κ2) is 5.99. The van der Waals surface area contributed by atoms with Crippen LogP contribution in [0.15, 0.2) is 17.1 Å². The first-order chi connectivity index (χ1) is 5.89. The Morgan fingerprint density at radius 2 is 2.00 bits per heavy atom. The molecule has 1 atom stereocenters. The maximum Gasteiger partial charge on any atom is 0.0389 e. The molecule has 1 aliphatic heterocycles. The molecule has 1 aliphatic rings. The van der Waals surface area contributed by atoms with Crippen LogP contribution < -0.4 is 0 Å². The van der Waals surface area contributed by atoms with Crippen LogP contribution in [0, 0.1) is 5.92 Å². The van der Waals surface area contributed by atoms with Gasteiger partial charge in [0, 0.05) is 12.8 Å². The Labute approximate surface area is 75.6 Å². The molecule has 0 aromatic heterocycles. The third-order valence-corrected chi connectivity index (χ3v) is 2.33. The molecule has 0 radical (unpaired) electrons. The molecule has 1 nitrogen and oxygen atoms in total. The predicted molar refractivity (Wildman–Crippen MR) is 54.7 cm³/mol. The van der Waals surface area contributed by atoms with Crippen LogP contribution in [0.3, 0.4) is 0 Å². The molecule has 1 heteroatoms. The minimum atomic E-state index is 0.731. The van der Waals surface area contributed by atoms with Gasteiger partial charge in [-0.1, -0.05) is 32.3 Å². The second-order valence-electron chi connectivity index (χ2n) is 3.62. The van der Waals surface area contributed by atoms with Gasteiger partial charge >= 0.3 is 0 Å². The van der Waals surface area contributed by atoms with Gasteiger partial charge in [-0.3, -0.25) is 4.99 Å². The first-order valence-corrected chi connectivity index (χ1v) is 5.06. The highest BCUT2D eigenvalue weighted by Gasteiger charge is 1.97. The van der Waals surface area contributed by atoms with E-state index in [0.29, 0.717) is 0 Å². The van der Waals surface area contributed by atoms with Crippen LogP contribution in [-0.2, 0) is 0 Å².